The minimum absolute atomic E-state index is 0.0480. The fourth-order valence-corrected chi connectivity index (χ4v) is 3.17. The number of ether oxygens (including phenoxy) is 2. The van der Waals surface area contributed by atoms with Crippen molar-refractivity contribution in [2.45, 2.75) is 18.6 Å². The van der Waals surface area contributed by atoms with E-state index in [2.05, 4.69) is 0 Å². The monoisotopic (exact) mass is 347 g/mol. The predicted molar refractivity (Wildman–Crippen MR) is 97.3 cm³/mol. The van der Waals surface area contributed by atoms with E-state index in [1.165, 1.54) is 12.1 Å². The Kier molecular flexibility index (Phi) is 4.27. The summed E-state index contributed by atoms with van der Waals surface area (Å²) >= 11 is 0. The van der Waals surface area contributed by atoms with Crippen molar-refractivity contribution in [1.82, 2.24) is 0 Å². The highest BCUT2D eigenvalue weighted by molar-refractivity contribution is 5.41. The lowest BCUT2D eigenvalue weighted by Gasteiger charge is -2.32. The Hall–Kier alpha value is -3.34. The first-order valence-electron chi connectivity index (χ1n) is 8.42. The number of fused-ring (bicyclic) bond motifs is 1. The second-order valence-electron chi connectivity index (χ2n) is 6.15. The highest BCUT2D eigenvalue weighted by atomic mass is 16.6. The first-order valence-corrected chi connectivity index (χ1v) is 8.42. The molecule has 0 saturated heterocycles. The number of hydrogen-bond donors (Lipinski definition) is 0. The Morgan fingerprint density at radius 1 is 0.923 bits per heavy atom. The molecule has 0 unspecified atom stereocenters. The molecular formula is C21H17NO4. The summed E-state index contributed by atoms with van der Waals surface area (Å²) in [4.78, 5) is 10.4. The molecule has 5 heteroatoms. The molecule has 2 atom stereocenters. The molecule has 26 heavy (non-hydrogen) atoms. The minimum atomic E-state index is -0.418. The van der Waals surface area contributed by atoms with Crippen LogP contribution in [0.3, 0.4) is 0 Å². The Balaban J connectivity index is 1.62. The Morgan fingerprint density at radius 2 is 1.62 bits per heavy atom. The van der Waals surface area contributed by atoms with Gasteiger partial charge in [-0.15, -0.1) is 0 Å². The molecule has 1 heterocycles. The maximum absolute atomic E-state index is 10.8. The summed E-state index contributed by atoms with van der Waals surface area (Å²) < 4.78 is 12.3. The number of benzene rings is 3. The molecule has 0 N–H and O–H groups in total. The molecule has 5 nitrogen and oxygen atoms in total. The molecule has 0 bridgehead atoms. The quantitative estimate of drug-likeness (QED) is 0.478. The molecule has 0 saturated carbocycles. The summed E-state index contributed by atoms with van der Waals surface area (Å²) in [5.41, 5.74) is 2.13. The van der Waals surface area contributed by atoms with Crippen molar-refractivity contribution < 1.29 is 14.4 Å². The summed E-state index contributed by atoms with van der Waals surface area (Å²) in [5, 5.41) is 10.8. The Morgan fingerprint density at radius 3 is 2.35 bits per heavy atom. The molecule has 0 aromatic heterocycles. The van der Waals surface area contributed by atoms with E-state index in [1.54, 1.807) is 12.1 Å². The molecule has 0 spiro atoms. The van der Waals surface area contributed by atoms with Gasteiger partial charge in [-0.1, -0.05) is 48.5 Å². The molecule has 3 aromatic rings. The van der Waals surface area contributed by atoms with Crippen molar-refractivity contribution in [3.05, 3.63) is 100 Å². The fourth-order valence-electron chi connectivity index (χ4n) is 3.17. The van der Waals surface area contributed by atoms with Crippen LogP contribution in [-0.2, 0) is 0 Å². The molecule has 1 aliphatic heterocycles. The third-order valence-electron chi connectivity index (χ3n) is 4.46. The van der Waals surface area contributed by atoms with Gasteiger partial charge < -0.3 is 9.47 Å². The van der Waals surface area contributed by atoms with Gasteiger partial charge in [-0.2, -0.15) is 0 Å². The molecule has 0 aliphatic carbocycles. The van der Waals surface area contributed by atoms with E-state index in [4.69, 9.17) is 9.47 Å². The summed E-state index contributed by atoms with van der Waals surface area (Å²) in [6.45, 7) is 0. The highest BCUT2D eigenvalue weighted by Gasteiger charge is 2.30. The average Bonchev–Trinajstić information content (AvgIpc) is 2.69. The van der Waals surface area contributed by atoms with Crippen LogP contribution < -0.4 is 9.47 Å². The fraction of sp³-hybridized carbons (Fsp3) is 0.143. The van der Waals surface area contributed by atoms with Gasteiger partial charge in [0.05, 0.1) is 4.92 Å². The van der Waals surface area contributed by atoms with E-state index in [0.717, 1.165) is 16.9 Å². The van der Waals surface area contributed by atoms with Gasteiger partial charge in [0.25, 0.3) is 5.69 Å². The maximum atomic E-state index is 10.8. The van der Waals surface area contributed by atoms with Crippen molar-refractivity contribution in [2.75, 3.05) is 0 Å². The highest BCUT2D eigenvalue weighted by Crippen LogP contribution is 2.42. The number of nitro groups is 1. The smallest absolute Gasteiger partial charge is 0.269 e. The number of para-hydroxylation sites is 1. The van der Waals surface area contributed by atoms with Gasteiger partial charge in [0.2, 0.25) is 0 Å². The molecule has 3 aromatic carbocycles. The van der Waals surface area contributed by atoms with E-state index in [9.17, 15) is 10.1 Å². The first kappa shape index (κ1) is 16.1. The zero-order chi connectivity index (χ0) is 17.9. The average molecular weight is 347 g/mol. The lowest BCUT2D eigenvalue weighted by atomic mass is 9.95. The maximum Gasteiger partial charge on any atom is 0.269 e. The predicted octanol–water partition coefficient (Wildman–Crippen LogP) is 5.24. The second-order valence-corrected chi connectivity index (χ2v) is 6.15. The van der Waals surface area contributed by atoms with Crippen LogP contribution >= 0.6 is 0 Å². The van der Waals surface area contributed by atoms with Gasteiger partial charge in [0, 0.05) is 24.1 Å². The summed E-state index contributed by atoms with van der Waals surface area (Å²) in [7, 11) is 0. The van der Waals surface area contributed by atoms with E-state index in [-0.39, 0.29) is 17.9 Å². The van der Waals surface area contributed by atoms with Gasteiger partial charge >= 0.3 is 0 Å². The van der Waals surface area contributed by atoms with Crippen LogP contribution in [0, 0.1) is 10.1 Å². The number of non-ortho nitro benzene ring substituents is 1. The minimum Gasteiger partial charge on any atom is -0.485 e. The van der Waals surface area contributed by atoms with E-state index in [0.29, 0.717) is 12.2 Å². The van der Waals surface area contributed by atoms with Crippen LogP contribution in [0.4, 0.5) is 5.69 Å². The third kappa shape index (κ3) is 3.24. The number of hydrogen-bond acceptors (Lipinski definition) is 4. The van der Waals surface area contributed by atoms with Crippen LogP contribution in [0.2, 0.25) is 0 Å². The van der Waals surface area contributed by atoms with E-state index < -0.39 is 4.92 Å². The Bertz CT molecular complexity index is 909. The zero-order valence-corrected chi connectivity index (χ0v) is 13.9. The largest absolute Gasteiger partial charge is 0.485 e. The number of nitrogens with zero attached hydrogens (tertiary/aromatic N) is 1. The molecule has 4 rings (SSSR count). The van der Waals surface area contributed by atoms with Crippen molar-refractivity contribution >= 4 is 5.69 Å². The van der Waals surface area contributed by atoms with Gasteiger partial charge in [-0.25, -0.2) is 0 Å². The van der Waals surface area contributed by atoms with Gasteiger partial charge in [-0.05, 0) is 23.8 Å². The van der Waals surface area contributed by atoms with Crippen LogP contribution in [-0.4, -0.2) is 4.92 Å². The van der Waals surface area contributed by atoms with Crippen molar-refractivity contribution in [1.29, 1.82) is 0 Å². The third-order valence-corrected chi connectivity index (χ3v) is 4.46. The van der Waals surface area contributed by atoms with E-state index in [1.807, 2.05) is 54.6 Å². The summed E-state index contributed by atoms with van der Waals surface area (Å²) in [6, 6.07) is 24.0. The van der Waals surface area contributed by atoms with Crippen molar-refractivity contribution in [3.8, 4) is 11.5 Å². The molecule has 1 aliphatic rings. The van der Waals surface area contributed by atoms with Gasteiger partial charge in [0.1, 0.15) is 23.7 Å². The topological polar surface area (TPSA) is 61.6 Å². The summed E-state index contributed by atoms with van der Waals surface area (Å²) in [5.74, 6) is 1.41. The molecule has 0 radical (unpaired) electrons. The molecule has 130 valence electrons. The van der Waals surface area contributed by atoms with E-state index >= 15 is 0 Å². The normalized spacial score (nSPS) is 18.5. The van der Waals surface area contributed by atoms with Crippen LogP contribution in [0.25, 0.3) is 0 Å². The SMILES string of the molecule is O=[N+]([O-])c1ccc(O[C@H]2C[C@H](c3ccccc3)Oc3ccccc32)cc1. The second kappa shape index (κ2) is 6.88. The van der Waals surface area contributed by atoms with Crippen molar-refractivity contribution in [2.24, 2.45) is 0 Å². The lowest BCUT2D eigenvalue weighted by Crippen LogP contribution is -2.22. The molecular weight excluding hydrogens is 330 g/mol. The van der Waals surface area contributed by atoms with Crippen LogP contribution in [0.15, 0.2) is 78.9 Å². The van der Waals surface area contributed by atoms with Crippen LogP contribution in [0.5, 0.6) is 11.5 Å². The molecule has 0 fully saturated rings. The number of nitro benzene ring substituents is 1. The van der Waals surface area contributed by atoms with Gasteiger partial charge in [-0.3, -0.25) is 10.1 Å². The van der Waals surface area contributed by atoms with Crippen LogP contribution in [0.1, 0.15) is 29.8 Å². The molecule has 0 amide bonds. The van der Waals surface area contributed by atoms with Crippen molar-refractivity contribution in [3.63, 3.8) is 0 Å². The standard InChI is InChI=1S/C21H17NO4/c23-22(24)16-10-12-17(13-11-16)25-21-14-20(15-6-2-1-3-7-15)26-19-9-5-4-8-18(19)21/h1-13,20-21H,14H2/t20-,21+/m1/s1. The first-order chi connectivity index (χ1) is 12.7. The van der Waals surface area contributed by atoms with Gasteiger partial charge in [0.15, 0.2) is 0 Å². The zero-order valence-electron chi connectivity index (χ0n) is 13.9. The lowest BCUT2D eigenvalue weighted by molar-refractivity contribution is -0.384. The summed E-state index contributed by atoms with van der Waals surface area (Å²) in [6.07, 6.45) is 0.374. The Labute approximate surface area is 151 Å². The number of rotatable bonds is 4.